The quantitative estimate of drug-likeness (QED) is 0.690. The van der Waals surface area contributed by atoms with Crippen LogP contribution in [-0.2, 0) is 9.53 Å². The molecule has 88 valence electrons. The third kappa shape index (κ3) is 3.38. The summed E-state index contributed by atoms with van der Waals surface area (Å²) in [5, 5.41) is 0. The van der Waals surface area contributed by atoms with Gasteiger partial charge in [0.05, 0.1) is 13.0 Å². The fourth-order valence-electron chi connectivity index (χ4n) is 1.97. The van der Waals surface area contributed by atoms with E-state index in [4.69, 9.17) is 4.74 Å². The standard InChI is InChI=1S/C11H21NO2S/c1-4-14-10(13)8-11(12(2)3)6-5-7-15-9-11/h4-9H2,1-3H3. The molecule has 0 N–H and O–H groups in total. The summed E-state index contributed by atoms with van der Waals surface area (Å²) in [5.74, 6) is 2.20. The summed E-state index contributed by atoms with van der Waals surface area (Å²) >= 11 is 1.94. The Bertz CT molecular complexity index is 213. The first-order chi connectivity index (χ1) is 7.10. The number of hydrogen-bond donors (Lipinski definition) is 0. The molecule has 4 heteroatoms. The van der Waals surface area contributed by atoms with Gasteiger partial charge in [0.15, 0.2) is 0 Å². The van der Waals surface area contributed by atoms with Gasteiger partial charge < -0.3 is 9.64 Å². The fourth-order valence-corrected chi connectivity index (χ4v) is 3.35. The summed E-state index contributed by atoms with van der Waals surface area (Å²) < 4.78 is 5.04. The van der Waals surface area contributed by atoms with Crippen LogP contribution >= 0.6 is 11.8 Å². The Hall–Kier alpha value is -0.220. The normalized spacial score (nSPS) is 26.7. The van der Waals surface area contributed by atoms with Crippen LogP contribution in [-0.4, -0.2) is 48.6 Å². The van der Waals surface area contributed by atoms with Crippen LogP contribution in [0.2, 0.25) is 0 Å². The van der Waals surface area contributed by atoms with Crippen LogP contribution in [0.4, 0.5) is 0 Å². The summed E-state index contributed by atoms with van der Waals surface area (Å²) in [4.78, 5) is 13.8. The van der Waals surface area contributed by atoms with Crippen molar-refractivity contribution in [3.05, 3.63) is 0 Å². The molecule has 0 amide bonds. The molecule has 0 aromatic carbocycles. The highest BCUT2D eigenvalue weighted by Crippen LogP contribution is 2.33. The van der Waals surface area contributed by atoms with E-state index in [2.05, 4.69) is 19.0 Å². The number of hydrogen-bond acceptors (Lipinski definition) is 4. The third-order valence-electron chi connectivity index (χ3n) is 3.03. The molecule has 1 unspecified atom stereocenters. The lowest BCUT2D eigenvalue weighted by molar-refractivity contribution is -0.146. The molecule has 1 heterocycles. The van der Waals surface area contributed by atoms with Crippen LogP contribution in [0.5, 0.6) is 0 Å². The Balaban J connectivity index is 2.60. The van der Waals surface area contributed by atoms with Crippen LogP contribution in [0.3, 0.4) is 0 Å². The zero-order valence-electron chi connectivity index (χ0n) is 9.91. The zero-order valence-corrected chi connectivity index (χ0v) is 10.7. The van der Waals surface area contributed by atoms with Gasteiger partial charge in [-0.2, -0.15) is 11.8 Å². The summed E-state index contributed by atoms with van der Waals surface area (Å²) in [6.45, 7) is 2.34. The average molecular weight is 231 g/mol. The van der Waals surface area contributed by atoms with Gasteiger partial charge in [-0.05, 0) is 39.6 Å². The second-order valence-corrected chi connectivity index (χ2v) is 5.36. The Kier molecular flexibility index (Phi) is 4.93. The second kappa shape index (κ2) is 5.75. The Morgan fingerprint density at radius 2 is 2.27 bits per heavy atom. The van der Waals surface area contributed by atoms with Crippen LogP contribution in [0.1, 0.15) is 26.2 Å². The van der Waals surface area contributed by atoms with E-state index in [0.29, 0.717) is 13.0 Å². The van der Waals surface area contributed by atoms with E-state index in [1.165, 1.54) is 12.2 Å². The van der Waals surface area contributed by atoms with Gasteiger partial charge in [0.1, 0.15) is 0 Å². The molecule has 0 aromatic rings. The molecule has 1 saturated heterocycles. The van der Waals surface area contributed by atoms with Crippen molar-refractivity contribution < 1.29 is 9.53 Å². The fraction of sp³-hybridized carbons (Fsp3) is 0.909. The molecule has 1 rings (SSSR count). The van der Waals surface area contributed by atoms with Crippen LogP contribution in [0.25, 0.3) is 0 Å². The van der Waals surface area contributed by atoms with Crippen molar-refractivity contribution in [2.24, 2.45) is 0 Å². The predicted molar refractivity (Wildman–Crippen MR) is 64.2 cm³/mol. The number of carbonyl (C=O) groups is 1. The first kappa shape index (κ1) is 12.8. The first-order valence-corrected chi connectivity index (χ1v) is 6.67. The van der Waals surface area contributed by atoms with Gasteiger partial charge >= 0.3 is 5.97 Å². The third-order valence-corrected chi connectivity index (χ3v) is 4.35. The van der Waals surface area contributed by atoms with E-state index in [1.54, 1.807) is 0 Å². The van der Waals surface area contributed by atoms with Gasteiger partial charge in [0.2, 0.25) is 0 Å². The number of thioether (sulfide) groups is 1. The molecule has 3 nitrogen and oxygen atoms in total. The largest absolute Gasteiger partial charge is 0.466 e. The zero-order chi connectivity index (χ0) is 11.3. The van der Waals surface area contributed by atoms with E-state index in [0.717, 1.165) is 12.2 Å². The van der Waals surface area contributed by atoms with Gasteiger partial charge in [-0.1, -0.05) is 0 Å². The van der Waals surface area contributed by atoms with Gasteiger partial charge in [0, 0.05) is 11.3 Å². The monoisotopic (exact) mass is 231 g/mol. The topological polar surface area (TPSA) is 29.5 Å². The van der Waals surface area contributed by atoms with Crippen LogP contribution in [0.15, 0.2) is 0 Å². The minimum atomic E-state index is -0.0614. The summed E-state index contributed by atoms with van der Waals surface area (Å²) in [6.07, 6.45) is 2.83. The highest BCUT2D eigenvalue weighted by molar-refractivity contribution is 7.99. The molecule has 0 saturated carbocycles. The van der Waals surface area contributed by atoms with Crippen molar-refractivity contribution in [2.75, 3.05) is 32.2 Å². The second-order valence-electron chi connectivity index (χ2n) is 4.26. The highest BCUT2D eigenvalue weighted by atomic mass is 32.2. The van der Waals surface area contributed by atoms with Gasteiger partial charge in [-0.25, -0.2) is 0 Å². The van der Waals surface area contributed by atoms with Crippen molar-refractivity contribution in [3.8, 4) is 0 Å². The summed E-state index contributed by atoms with van der Waals surface area (Å²) in [6, 6.07) is 0. The van der Waals surface area contributed by atoms with Crippen molar-refractivity contribution in [3.63, 3.8) is 0 Å². The number of nitrogens with zero attached hydrogens (tertiary/aromatic N) is 1. The Morgan fingerprint density at radius 1 is 1.53 bits per heavy atom. The van der Waals surface area contributed by atoms with Crippen molar-refractivity contribution in [2.45, 2.75) is 31.7 Å². The van der Waals surface area contributed by atoms with Crippen LogP contribution < -0.4 is 0 Å². The molecule has 15 heavy (non-hydrogen) atoms. The molecule has 1 fully saturated rings. The summed E-state index contributed by atoms with van der Waals surface area (Å²) in [7, 11) is 4.12. The summed E-state index contributed by atoms with van der Waals surface area (Å²) in [5.41, 5.74) is 0.0230. The minimum Gasteiger partial charge on any atom is -0.466 e. The molecule has 0 radical (unpaired) electrons. The molecule has 0 spiro atoms. The van der Waals surface area contributed by atoms with Crippen molar-refractivity contribution >= 4 is 17.7 Å². The van der Waals surface area contributed by atoms with Crippen molar-refractivity contribution in [1.82, 2.24) is 4.90 Å². The SMILES string of the molecule is CCOC(=O)CC1(N(C)C)CCCSC1. The Morgan fingerprint density at radius 3 is 2.73 bits per heavy atom. The minimum absolute atomic E-state index is 0.0230. The lowest BCUT2D eigenvalue weighted by Crippen LogP contribution is -2.50. The number of carbonyl (C=O) groups excluding carboxylic acids is 1. The van der Waals surface area contributed by atoms with E-state index in [1.807, 2.05) is 18.7 Å². The van der Waals surface area contributed by atoms with Crippen molar-refractivity contribution in [1.29, 1.82) is 0 Å². The van der Waals surface area contributed by atoms with Crippen LogP contribution in [0, 0.1) is 0 Å². The lowest BCUT2D eigenvalue weighted by atomic mass is 9.90. The average Bonchev–Trinajstić information content (AvgIpc) is 2.19. The first-order valence-electron chi connectivity index (χ1n) is 5.51. The molecule has 1 atom stereocenters. The number of ether oxygens (including phenoxy) is 1. The smallest absolute Gasteiger partial charge is 0.307 e. The van der Waals surface area contributed by atoms with Gasteiger partial charge in [-0.3, -0.25) is 4.79 Å². The molecule has 0 bridgehead atoms. The molecule has 0 aromatic heterocycles. The number of esters is 1. The highest BCUT2D eigenvalue weighted by Gasteiger charge is 2.37. The lowest BCUT2D eigenvalue weighted by Gasteiger charge is -2.41. The molecule has 1 aliphatic heterocycles. The maximum absolute atomic E-state index is 11.6. The Labute approximate surface area is 96.5 Å². The number of rotatable bonds is 4. The molecular weight excluding hydrogens is 210 g/mol. The van der Waals surface area contributed by atoms with Gasteiger partial charge in [0.25, 0.3) is 0 Å². The molecular formula is C11H21NO2S. The maximum atomic E-state index is 11.6. The molecule has 0 aliphatic carbocycles. The van der Waals surface area contributed by atoms with Gasteiger partial charge in [-0.15, -0.1) is 0 Å². The molecule has 1 aliphatic rings. The predicted octanol–water partition coefficient (Wildman–Crippen LogP) is 1.77. The van der Waals surface area contributed by atoms with E-state index < -0.39 is 0 Å². The van der Waals surface area contributed by atoms with E-state index in [-0.39, 0.29) is 11.5 Å². The maximum Gasteiger partial charge on any atom is 0.307 e. The van der Waals surface area contributed by atoms with E-state index >= 15 is 0 Å². The van der Waals surface area contributed by atoms with E-state index in [9.17, 15) is 4.79 Å².